The minimum absolute atomic E-state index is 0.109. The van der Waals surface area contributed by atoms with Crippen LogP contribution in [-0.4, -0.2) is 16.4 Å². The summed E-state index contributed by atoms with van der Waals surface area (Å²) in [6.07, 6.45) is 34.3. The summed E-state index contributed by atoms with van der Waals surface area (Å²) in [6, 6.07) is 0. The first-order chi connectivity index (χ1) is 21.7. The molecule has 46 heavy (non-hydrogen) atoms. The molecule has 0 fully saturated rings. The maximum absolute atomic E-state index is 10.8. The van der Waals surface area contributed by atoms with Gasteiger partial charge in [-0.2, -0.15) is 0 Å². The maximum Gasteiger partial charge on any atom is 0.469 e. The summed E-state index contributed by atoms with van der Waals surface area (Å²) in [5.74, 6) is 0.381. The van der Waals surface area contributed by atoms with E-state index in [0.717, 1.165) is 77.0 Å². The lowest BCUT2D eigenvalue weighted by Gasteiger charge is -2.11. The van der Waals surface area contributed by atoms with E-state index in [2.05, 4.69) is 109 Å². The van der Waals surface area contributed by atoms with Gasteiger partial charge < -0.3 is 9.79 Å². The molecule has 0 rings (SSSR count). The Balaban J connectivity index is 4.18. The molecular weight excluding hydrogens is 587 g/mol. The van der Waals surface area contributed by atoms with E-state index in [9.17, 15) is 4.57 Å². The molecule has 0 aromatic heterocycles. The predicted molar refractivity (Wildman–Crippen MR) is 203 cm³/mol. The van der Waals surface area contributed by atoms with Gasteiger partial charge in [0.1, 0.15) is 0 Å². The Morgan fingerprint density at radius 3 is 1.09 bits per heavy atom. The van der Waals surface area contributed by atoms with Crippen molar-refractivity contribution in [2.24, 2.45) is 5.92 Å². The van der Waals surface area contributed by atoms with Crippen LogP contribution < -0.4 is 0 Å². The summed E-state index contributed by atoms with van der Waals surface area (Å²) in [5, 5.41) is 0. The van der Waals surface area contributed by atoms with Crippen molar-refractivity contribution in [3.05, 3.63) is 81.5 Å². The Labute approximate surface area is 285 Å². The normalized spacial score (nSPS) is 15.6. The van der Waals surface area contributed by atoms with Crippen LogP contribution in [0.1, 0.15) is 165 Å². The molecule has 0 aromatic carbocycles. The highest BCUT2D eigenvalue weighted by Crippen LogP contribution is 2.36. The van der Waals surface area contributed by atoms with Crippen molar-refractivity contribution >= 4 is 7.82 Å². The summed E-state index contributed by atoms with van der Waals surface area (Å²) < 4.78 is 15.3. The second-order valence-corrected chi connectivity index (χ2v) is 15.0. The van der Waals surface area contributed by atoms with Gasteiger partial charge in [-0.05, 0) is 157 Å². The van der Waals surface area contributed by atoms with Crippen LogP contribution in [-0.2, 0) is 9.09 Å². The predicted octanol–water partition coefficient (Wildman–Crippen LogP) is 13.6. The first kappa shape index (κ1) is 44.3. The zero-order chi connectivity index (χ0) is 34.8. The topological polar surface area (TPSA) is 66.8 Å². The Kier molecular flexibility index (Phi) is 26.2. The van der Waals surface area contributed by atoms with Gasteiger partial charge in [0.05, 0.1) is 6.61 Å². The molecule has 264 valence electrons. The van der Waals surface area contributed by atoms with Crippen molar-refractivity contribution in [3.63, 3.8) is 0 Å². The van der Waals surface area contributed by atoms with E-state index >= 15 is 0 Å². The molecular formula is C41H71O4P. The van der Waals surface area contributed by atoms with Crippen molar-refractivity contribution in [1.29, 1.82) is 0 Å². The van der Waals surface area contributed by atoms with E-state index in [-0.39, 0.29) is 6.61 Å². The van der Waals surface area contributed by atoms with Gasteiger partial charge in [0, 0.05) is 0 Å². The molecule has 0 bridgehead atoms. The Hall–Kier alpha value is -1.71. The highest BCUT2D eigenvalue weighted by molar-refractivity contribution is 7.46. The molecule has 0 spiro atoms. The van der Waals surface area contributed by atoms with Crippen molar-refractivity contribution in [1.82, 2.24) is 0 Å². The van der Waals surface area contributed by atoms with Crippen molar-refractivity contribution in [2.75, 3.05) is 6.61 Å². The van der Waals surface area contributed by atoms with Gasteiger partial charge in [0.2, 0.25) is 0 Å². The molecule has 0 saturated heterocycles. The number of allylic oxidation sites excluding steroid dienone is 14. The van der Waals surface area contributed by atoms with E-state index in [1.54, 1.807) is 0 Å². The summed E-state index contributed by atoms with van der Waals surface area (Å²) in [4.78, 5) is 17.5. The molecule has 0 heterocycles. The number of hydrogen-bond donors (Lipinski definition) is 2. The molecule has 0 amide bonds. The highest BCUT2D eigenvalue weighted by Gasteiger charge is 2.13. The Bertz CT molecular complexity index is 1090. The lowest BCUT2D eigenvalue weighted by molar-refractivity contribution is 0.185. The summed E-state index contributed by atoms with van der Waals surface area (Å²) in [5.41, 5.74) is 10.4. The monoisotopic (exact) mass is 659 g/mol. The minimum atomic E-state index is -4.34. The standard InChI is InChI=1S/C41H71O4P/c1-10-34(2)18-11-19-35(3)20-12-21-36(4)22-13-23-37(5)24-14-25-38(6)26-15-27-39(7)28-16-29-40(8)30-17-31-41(9)32-33-45-46(42,43)44/h18,20,22,24,26,28,30,41H,10-17,19,21,23,25,27,29,31-33H2,1-9H3,(H2,42,43,44)/b34-18-,35-20-,36-22-,37-24-,38-26-,39-28-,40-30+/t41-/m0/s1. The van der Waals surface area contributed by atoms with Crippen LogP contribution in [0.15, 0.2) is 81.5 Å². The third-order valence-electron chi connectivity index (χ3n) is 8.77. The average molecular weight is 659 g/mol. The molecule has 0 aromatic rings. The number of phosphoric acid groups is 1. The van der Waals surface area contributed by atoms with Crippen molar-refractivity contribution in [2.45, 2.75) is 165 Å². The SMILES string of the molecule is CC/C(C)=C\CC/C(C)=C\CC/C(C)=C\CC/C(C)=C\CC/C(C)=C\CC/C(C)=C\CC/C(C)=C/CC[C@H](C)CCOP(=O)(O)O. The smallest absolute Gasteiger partial charge is 0.303 e. The molecule has 0 unspecified atom stereocenters. The van der Waals surface area contributed by atoms with E-state index in [1.165, 1.54) is 58.3 Å². The van der Waals surface area contributed by atoms with Gasteiger partial charge in [0.25, 0.3) is 0 Å². The quantitative estimate of drug-likeness (QED) is 0.0717. The second kappa shape index (κ2) is 27.3. The fraction of sp³-hybridized carbons (Fsp3) is 0.659. The van der Waals surface area contributed by atoms with Gasteiger partial charge in [-0.15, -0.1) is 0 Å². The fourth-order valence-electron chi connectivity index (χ4n) is 5.17. The van der Waals surface area contributed by atoms with Gasteiger partial charge in [-0.1, -0.05) is 95.4 Å². The minimum Gasteiger partial charge on any atom is -0.303 e. The maximum atomic E-state index is 10.8. The Morgan fingerprint density at radius 2 is 0.804 bits per heavy atom. The third-order valence-corrected chi connectivity index (χ3v) is 9.29. The zero-order valence-corrected chi connectivity index (χ0v) is 32.2. The van der Waals surface area contributed by atoms with Gasteiger partial charge in [0.15, 0.2) is 0 Å². The van der Waals surface area contributed by atoms with Crippen molar-refractivity contribution < 1.29 is 18.9 Å². The molecule has 1 atom stereocenters. The highest BCUT2D eigenvalue weighted by atomic mass is 31.2. The number of phosphoric ester groups is 1. The fourth-order valence-corrected chi connectivity index (χ4v) is 5.51. The molecule has 4 nitrogen and oxygen atoms in total. The number of hydrogen-bond acceptors (Lipinski definition) is 2. The van der Waals surface area contributed by atoms with Gasteiger partial charge in [-0.3, -0.25) is 4.52 Å². The first-order valence-corrected chi connectivity index (χ1v) is 19.5. The molecule has 0 aliphatic rings. The Morgan fingerprint density at radius 1 is 0.522 bits per heavy atom. The molecule has 0 radical (unpaired) electrons. The van der Waals surface area contributed by atoms with E-state index in [0.29, 0.717) is 12.3 Å². The molecule has 0 aliphatic heterocycles. The lowest BCUT2D eigenvalue weighted by atomic mass is 10.0. The summed E-state index contributed by atoms with van der Waals surface area (Å²) in [6.45, 7) is 20.2. The average Bonchev–Trinajstić information content (AvgIpc) is 2.96. The zero-order valence-electron chi connectivity index (χ0n) is 31.3. The van der Waals surface area contributed by atoms with Crippen LogP contribution in [0.5, 0.6) is 0 Å². The lowest BCUT2D eigenvalue weighted by Crippen LogP contribution is -2.00. The first-order valence-electron chi connectivity index (χ1n) is 18.0. The van der Waals surface area contributed by atoms with Crippen LogP contribution in [0.2, 0.25) is 0 Å². The van der Waals surface area contributed by atoms with Crippen LogP contribution in [0.4, 0.5) is 0 Å². The van der Waals surface area contributed by atoms with E-state index in [1.807, 2.05) is 0 Å². The van der Waals surface area contributed by atoms with Gasteiger partial charge in [-0.25, -0.2) is 4.57 Å². The third kappa shape index (κ3) is 29.7. The van der Waals surface area contributed by atoms with Crippen LogP contribution in [0, 0.1) is 5.92 Å². The van der Waals surface area contributed by atoms with Crippen LogP contribution >= 0.6 is 7.82 Å². The largest absolute Gasteiger partial charge is 0.469 e. The second-order valence-electron chi connectivity index (χ2n) is 13.7. The summed E-state index contributed by atoms with van der Waals surface area (Å²) in [7, 11) is -4.34. The van der Waals surface area contributed by atoms with E-state index in [4.69, 9.17) is 9.79 Å². The number of rotatable bonds is 26. The van der Waals surface area contributed by atoms with E-state index < -0.39 is 7.82 Å². The van der Waals surface area contributed by atoms with Crippen LogP contribution in [0.3, 0.4) is 0 Å². The molecule has 2 N–H and O–H groups in total. The summed E-state index contributed by atoms with van der Waals surface area (Å²) >= 11 is 0. The molecule has 0 aliphatic carbocycles. The molecule has 0 saturated carbocycles. The van der Waals surface area contributed by atoms with Crippen molar-refractivity contribution in [3.8, 4) is 0 Å². The van der Waals surface area contributed by atoms with Gasteiger partial charge >= 0.3 is 7.82 Å². The van der Waals surface area contributed by atoms with Crippen LogP contribution in [0.25, 0.3) is 0 Å². The molecule has 5 heteroatoms.